The van der Waals surface area contributed by atoms with Crippen LogP contribution < -0.4 is 5.73 Å². The Morgan fingerprint density at radius 3 is 2.76 bits per heavy atom. The van der Waals surface area contributed by atoms with Crippen LogP contribution >= 0.6 is 11.6 Å². The number of carbonyl (C=O) groups excluding carboxylic acids is 1. The fraction of sp³-hybridized carbons (Fsp3) is 0.462. The van der Waals surface area contributed by atoms with Gasteiger partial charge in [-0.25, -0.2) is 0 Å². The molecule has 0 heterocycles. The van der Waals surface area contributed by atoms with Gasteiger partial charge in [-0.05, 0) is 37.6 Å². The number of nitrogens with zero attached hydrogens (tertiary/aromatic N) is 1. The van der Waals surface area contributed by atoms with Gasteiger partial charge in [0.25, 0.3) is 5.91 Å². The van der Waals surface area contributed by atoms with Crippen LogP contribution in [-0.2, 0) is 0 Å². The van der Waals surface area contributed by atoms with Crippen molar-refractivity contribution in [3.8, 4) is 0 Å². The molecule has 1 aliphatic rings. The van der Waals surface area contributed by atoms with Crippen molar-refractivity contribution in [2.24, 2.45) is 11.1 Å². The van der Waals surface area contributed by atoms with Gasteiger partial charge < -0.3 is 10.6 Å². The topological polar surface area (TPSA) is 46.3 Å². The molecule has 2 N–H and O–H groups in total. The number of benzene rings is 1. The molecular formula is C13H17ClN2O. The molecule has 1 fully saturated rings. The van der Waals surface area contributed by atoms with Crippen LogP contribution in [0.4, 0.5) is 0 Å². The van der Waals surface area contributed by atoms with Crippen molar-refractivity contribution >= 4 is 17.5 Å². The van der Waals surface area contributed by atoms with Crippen molar-refractivity contribution in [2.75, 3.05) is 20.1 Å². The lowest BCUT2D eigenvalue weighted by Gasteiger charge is -2.22. The minimum atomic E-state index is 0.00669. The third-order valence-corrected chi connectivity index (χ3v) is 3.62. The normalized spacial score (nSPS) is 16.6. The minimum absolute atomic E-state index is 0.00669. The second-order valence-electron chi connectivity index (χ2n) is 4.88. The minimum Gasteiger partial charge on any atom is -0.341 e. The molecule has 1 amide bonds. The molecule has 2 rings (SSSR count). The van der Waals surface area contributed by atoms with E-state index in [0.717, 1.165) is 19.4 Å². The van der Waals surface area contributed by atoms with E-state index in [1.54, 1.807) is 29.2 Å². The first-order valence-corrected chi connectivity index (χ1v) is 6.15. The monoisotopic (exact) mass is 252 g/mol. The number of amides is 1. The zero-order valence-corrected chi connectivity index (χ0v) is 10.7. The predicted molar refractivity (Wildman–Crippen MR) is 69.1 cm³/mol. The van der Waals surface area contributed by atoms with Gasteiger partial charge in [0, 0.05) is 29.6 Å². The molecule has 4 heteroatoms. The molecule has 0 spiro atoms. The molecule has 0 aromatic heterocycles. The number of rotatable bonds is 4. The number of nitrogens with two attached hydrogens (primary N) is 1. The molecule has 92 valence electrons. The lowest BCUT2D eigenvalue weighted by atomic mass is 10.1. The van der Waals surface area contributed by atoms with Crippen LogP contribution in [0.15, 0.2) is 24.3 Å². The van der Waals surface area contributed by atoms with E-state index in [0.29, 0.717) is 17.1 Å². The Bertz CT molecular complexity index is 429. The summed E-state index contributed by atoms with van der Waals surface area (Å²) < 4.78 is 0. The first-order valence-electron chi connectivity index (χ1n) is 5.77. The van der Waals surface area contributed by atoms with Gasteiger partial charge in [-0.15, -0.1) is 0 Å². The van der Waals surface area contributed by atoms with E-state index >= 15 is 0 Å². The van der Waals surface area contributed by atoms with Crippen molar-refractivity contribution in [2.45, 2.75) is 12.8 Å². The fourth-order valence-corrected chi connectivity index (χ4v) is 2.21. The molecule has 1 aromatic carbocycles. The van der Waals surface area contributed by atoms with Crippen LogP contribution in [0, 0.1) is 5.41 Å². The highest BCUT2D eigenvalue weighted by molar-refractivity contribution is 6.30. The van der Waals surface area contributed by atoms with E-state index in [2.05, 4.69) is 0 Å². The second-order valence-corrected chi connectivity index (χ2v) is 5.31. The highest BCUT2D eigenvalue weighted by atomic mass is 35.5. The fourth-order valence-electron chi connectivity index (χ4n) is 2.02. The quantitative estimate of drug-likeness (QED) is 0.893. The molecule has 3 nitrogen and oxygen atoms in total. The SMILES string of the molecule is CN(CC1(CN)CC1)C(=O)c1cccc(Cl)c1. The Kier molecular flexibility index (Phi) is 3.40. The molecule has 1 aliphatic carbocycles. The van der Waals surface area contributed by atoms with Crippen molar-refractivity contribution in [1.82, 2.24) is 4.90 Å². The van der Waals surface area contributed by atoms with Crippen LogP contribution in [0.1, 0.15) is 23.2 Å². The molecular weight excluding hydrogens is 236 g/mol. The highest BCUT2D eigenvalue weighted by Crippen LogP contribution is 2.45. The van der Waals surface area contributed by atoms with Crippen LogP contribution in [0.2, 0.25) is 5.02 Å². The summed E-state index contributed by atoms with van der Waals surface area (Å²) in [4.78, 5) is 13.9. The lowest BCUT2D eigenvalue weighted by molar-refractivity contribution is 0.0766. The summed E-state index contributed by atoms with van der Waals surface area (Å²) in [5, 5.41) is 0.587. The molecule has 0 atom stereocenters. The third kappa shape index (κ3) is 2.79. The van der Waals surface area contributed by atoms with Crippen LogP contribution in [0.5, 0.6) is 0 Å². The van der Waals surface area contributed by atoms with Crippen molar-refractivity contribution < 1.29 is 4.79 Å². The molecule has 0 unspecified atom stereocenters. The first-order chi connectivity index (χ1) is 8.06. The molecule has 0 aliphatic heterocycles. The maximum Gasteiger partial charge on any atom is 0.253 e. The maximum absolute atomic E-state index is 12.1. The van der Waals surface area contributed by atoms with Crippen molar-refractivity contribution in [3.05, 3.63) is 34.9 Å². The Hall–Kier alpha value is -1.06. The largest absolute Gasteiger partial charge is 0.341 e. The van der Waals surface area contributed by atoms with Crippen molar-refractivity contribution in [3.63, 3.8) is 0 Å². The van der Waals surface area contributed by atoms with Gasteiger partial charge in [0.2, 0.25) is 0 Å². The van der Waals surface area contributed by atoms with Gasteiger partial charge in [-0.3, -0.25) is 4.79 Å². The number of hydrogen-bond donors (Lipinski definition) is 1. The summed E-state index contributed by atoms with van der Waals surface area (Å²) in [5.41, 5.74) is 6.52. The standard InChI is InChI=1S/C13H17ClN2O/c1-16(9-13(8-15)5-6-13)12(17)10-3-2-4-11(14)7-10/h2-4,7H,5-6,8-9,15H2,1H3. The number of halogens is 1. The average Bonchev–Trinajstić information content (AvgIpc) is 3.08. The predicted octanol–water partition coefficient (Wildman–Crippen LogP) is 2.15. The van der Waals surface area contributed by atoms with Gasteiger partial charge in [-0.2, -0.15) is 0 Å². The summed E-state index contributed by atoms with van der Waals surface area (Å²) in [6.07, 6.45) is 2.24. The zero-order chi connectivity index (χ0) is 12.5. The van der Waals surface area contributed by atoms with Crippen LogP contribution in [0.3, 0.4) is 0 Å². The van der Waals surface area contributed by atoms with E-state index < -0.39 is 0 Å². The first kappa shape index (κ1) is 12.4. The zero-order valence-electron chi connectivity index (χ0n) is 9.95. The maximum atomic E-state index is 12.1. The van der Waals surface area contributed by atoms with E-state index in [1.807, 2.05) is 7.05 Å². The Balaban J connectivity index is 2.04. The summed E-state index contributed by atoms with van der Waals surface area (Å²) >= 11 is 5.88. The van der Waals surface area contributed by atoms with Gasteiger partial charge in [0.1, 0.15) is 0 Å². The van der Waals surface area contributed by atoms with E-state index in [4.69, 9.17) is 17.3 Å². The van der Waals surface area contributed by atoms with Gasteiger partial charge in [-0.1, -0.05) is 17.7 Å². The van der Waals surface area contributed by atoms with E-state index in [1.165, 1.54) is 0 Å². The summed E-state index contributed by atoms with van der Waals surface area (Å²) in [7, 11) is 1.82. The smallest absolute Gasteiger partial charge is 0.253 e. The Morgan fingerprint density at radius 1 is 1.53 bits per heavy atom. The summed E-state index contributed by atoms with van der Waals surface area (Å²) in [5.74, 6) is 0.00669. The number of carbonyl (C=O) groups is 1. The second kappa shape index (κ2) is 4.67. The van der Waals surface area contributed by atoms with Gasteiger partial charge in [0.05, 0.1) is 0 Å². The van der Waals surface area contributed by atoms with E-state index in [-0.39, 0.29) is 11.3 Å². The summed E-state index contributed by atoms with van der Waals surface area (Å²) in [6, 6.07) is 7.04. The Morgan fingerprint density at radius 2 is 2.24 bits per heavy atom. The summed E-state index contributed by atoms with van der Waals surface area (Å²) in [6.45, 7) is 1.38. The molecule has 0 bridgehead atoms. The molecule has 0 radical (unpaired) electrons. The van der Waals surface area contributed by atoms with Crippen LogP contribution in [0.25, 0.3) is 0 Å². The van der Waals surface area contributed by atoms with Crippen LogP contribution in [-0.4, -0.2) is 30.9 Å². The average molecular weight is 253 g/mol. The highest BCUT2D eigenvalue weighted by Gasteiger charge is 2.42. The van der Waals surface area contributed by atoms with Gasteiger partial charge in [0.15, 0.2) is 0 Å². The third-order valence-electron chi connectivity index (χ3n) is 3.38. The molecule has 1 saturated carbocycles. The molecule has 1 aromatic rings. The lowest BCUT2D eigenvalue weighted by Crippen LogP contribution is -2.35. The Labute approximate surface area is 107 Å². The van der Waals surface area contributed by atoms with Gasteiger partial charge >= 0.3 is 0 Å². The van der Waals surface area contributed by atoms with Crippen molar-refractivity contribution in [1.29, 1.82) is 0 Å². The van der Waals surface area contributed by atoms with E-state index in [9.17, 15) is 4.79 Å². The number of hydrogen-bond acceptors (Lipinski definition) is 2. The molecule has 0 saturated heterocycles. The molecule has 17 heavy (non-hydrogen) atoms.